The summed E-state index contributed by atoms with van der Waals surface area (Å²) in [5.41, 5.74) is 0.906. The van der Waals surface area contributed by atoms with Gasteiger partial charge in [0.2, 0.25) is 0 Å². The van der Waals surface area contributed by atoms with Crippen molar-refractivity contribution in [3.05, 3.63) is 18.2 Å². The fraction of sp³-hybridized carbons (Fsp3) is 0.700. The van der Waals surface area contributed by atoms with Crippen LogP contribution < -0.4 is 0 Å². The first-order valence-corrected chi connectivity index (χ1v) is 4.87. The summed E-state index contributed by atoms with van der Waals surface area (Å²) in [6.07, 6.45) is 5.95. The molecule has 0 aliphatic carbocycles. The molecule has 0 radical (unpaired) electrons. The SMILES string of the molecule is CCCC(C)Cn1cncc1CO. The molecule has 0 aliphatic heterocycles. The molecule has 1 heterocycles. The summed E-state index contributed by atoms with van der Waals surface area (Å²) >= 11 is 0. The van der Waals surface area contributed by atoms with Gasteiger partial charge in [-0.3, -0.25) is 0 Å². The van der Waals surface area contributed by atoms with Crippen LogP contribution in [0.15, 0.2) is 12.5 Å². The van der Waals surface area contributed by atoms with Gasteiger partial charge >= 0.3 is 0 Å². The molecule has 1 rings (SSSR count). The number of hydrogen-bond donors (Lipinski definition) is 1. The van der Waals surface area contributed by atoms with Gasteiger partial charge in [0.1, 0.15) is 0 Å². The van der Waals surface area contributed by atoms with E-state index in [4.69, 9.17) is 5.11 Å². The fourth-order valence-corrected chi connectivity index (χ4v) is 1.56. The molecule has 1 aromatic rings. The first kappa shape index (κ1) is 10.3. The first-order valence-electron chi connectivity index (χ1n) is 4.87. The Morgan fingerprint density at radius 2 is 2.38 bits per heavy atom. The van der Waals surface area contributed by atoms with Crippen molar-refractivity contribution in [1.82, 2.24) is 9.55 Å². The molecule has 0 fully saturated rings. The van der Waals surface area contributed by atoms with Crippen LogP contribution >= 0.6 is 0 Å². The lowest BCUT2D eigenvalue weighted by atomic mass is 10.1. The Morgan fingerprint density at radius 1 is 1.62 bits per heavy atom. The summed E-state index contributed by atoms with van der Waals surface area (Å²) in [6.45, 7) is 5.46. The van der Waals surface area contributed by atoms with E-state index in [9.17, 15) is 0 Å². The Hall–Kier alpha value is -0.830. The van der Waals surface area contributed by atoms with Gasteiger partial charge < -0.3 is 9.67 Å². The highest BCUT2D eigenvalue weighted by atomic mass is 16.3. The summed E-state index contributed by atoms with van der Waals surface area (Å²) in [5, 5.41) is 8.99. The average molecular weight is 182 g/mol. The number of rotatable bonds is 5. The number of nitrogens with zero attached hydrogens (tertiary/aromatic N) is 2. The van der Waals surface area contributed by atoms with Gasteiger partial charge in [0.25, 0.3) is 0 Å². The summed E-state index contributed by atoms with van der Waals surface area (Å²) in [6, 6.07) is 0. The number of aliphatic hydroxyl groups is 1. The molecule has 1 aromatic heterocycles. The maximum absolute atomic E-state index is 8.99. The molecule has 3 heteroatoms. The fourth-order valence-electron chi connectivity index (χ4n) is 1.56. The van der Waals surface area contributed by atoms with E-state index in [1.54, 1.807) is 12.5 Å². The minimum Gasteiger partial charge on any atom is -0.390 e. The zero-order chi connectivity index (χ0) is 9.68. The minimum atomic E-state index is 0.0822. The maximum Gasteiger partial charge on any atom is 0.0948 e. The van der Waals surface area contributed by atoms with Gasteiger partial charge in [-0.25, -0.2) is 4.98 Å². The molecule has 1 atom stereocenters. The standard InChI is InChI=1S/C10H18N2O/c1-3-4-9(2)6-12-8-11-5-10(12)7-13/h5,8-9,13H,3-4,6-7H2,1-2H3. The molecule has 0 aromatic carbocycles. The number of aromatic nitrogens is 2. The van der Waals surface area contributed by atoms with Crippen LogP contribution in [0.3, 0.4) is 0 Å². The predicted molar refractivity (Wildman–Crippen MR) is 52.2 cm³/mol. The van der Waals surface area contributed by atoms with E-state index in [2.05, 4.69) is 18.8 Å². The molecular weight excluding hydrogens is 164 g/mol. The van der Waals surface area contributed by atoms with E-state index in [0.29, 0.717) is 5.92 Å². The van der Waals surface area contributed by atoms with Crippen molar-refractivity contribution in [1.29, 1.82) is 0 Å². The Kier molecular flexibility index (Phi) is 3.96. The highest BCUT2D eigenvalue weighted by Crippen LogP contribution is 2.10. The van der Waals surface area contributed by atoms with Crippen molar-refractivity contribution < 1.29 is 5.11 Å². The van der Waals surface area contributed by atoms with Crippen molar-refractivity contribution >= 4 is 0 Å². The van der Waals surface area contributed by atoms with Gasteiger partial charge in [0.15, 0.2) is 0 Å². The molecule has 1 unspecified atom stereocenters. The highest BCUT2D eigenvalue weighted by molar-refractivity contribution is 4.96. The molecule has 13 heavy (non-hydrogen) atoms. The second kappa shape index (κ2) is 5.02. The predicted octanol–water partition coefficient (Wildman–Crippen LogP) is 1.81. The maximum atomic E-state index is 8.99. The van der Waals surface area contributed by atoms with Gasteiger partial charge in [-0.2, -0.15) is 0 Å². The second-order valence-electron chi connectivity index (χ2n) is 3.59. The van der Waals surface area contributed by atoms with E-state index in [0.717, 1.165) is 12.2 Å². The van der Waals surface area contributed by atoms with Crippen LogP contribution in [0.4, 0.5) is 0 Å². The molecule has 3 nitrogen and oxygen atoms in total. The van der Waals surface area contributed by atoms with Crippen molar-refractivity contribution in [2.45, 2.75) is 39.8 Å². The third-order valence-corrected chi connectivity index (χ3v) is 2.25. The summed E-state index contributed by atoms with van der Waals surface area (Å²) in [7, 11) is 0. The Balaban J connectivity index is 2.52. The van der Waals surface area contributed by atoms with Crippen LogP contribution in [0.25, 0.3) is 0 Å². The highest BCUT2D eigenvalue weighted by Gasteiger charge is 2.05. The van der Waals surface area contributed by atoms with Crippen molar-refractivity contribution in [2.24, 2.45) is 5.92 Å². The topological polar surface area (TPSA) is 38.0 Å². The molecule has 0 saturated carbocycles. The first-order chi connectivity index (χ1) is 6.27. The van der Waals surface area contributed by atoms with Gasteiger partial charge in [-0.15, -0.1) is 0 Å². The molecule has 1 N–H and O–H groups in total. The number of hydrogen-bond acceptors (Lipinski definition) is 2. The molecular formula is C10H18N2O. The number of imidazole rings is 1. The summed E-state index contributed by atoms with van der Waals surface area (Å²) < 4.78 is 2.03. The third kappa shape index (κ3) is 2.84. The van der Waals surface area contributed by atoms with Crippen LogP contribution in [-0.4, -0.2) is 14.7 Å². The molecule has 74 valence electrons. The van der Waals surface area contributed by atoms with Gasteiger partial charge in [-0.05, 0) is 12.3 Å². The normalized spacial score (nSPS) is 13.2. The summed E-state index contributed by atoms with van der Waals surface area (Å²) in [4.78, 5) is 4.01. The molecule has 0 aliphatic rings. The summed E-state index contributed by atoms with van der Waals surface area (Å²) in [5.74, 6) is 0.657. The van der Waals surface area contributed by atoms with Crippen LogP contribution in [-0.2, 0) is 13.2 Å². The van der Waals surface area contributed by atoms with Crippen LogP contribution in [0.1, 0.15) is 32.4 Å². The van der Waals surface area contributed by atoms with Gasteiger partial charge in [0, 0.05) is 6.54 Å². The van der Waals surface area contributed by atoms with Gasteiger partial charge in [-0.1, -0.05) is 20.3 Å². The van der Waals surface area contributed by atoms with E-state index in [1.165, 1.54) is 12.8 Å². The zero-order valence-electron chi connectivity index (χ0n) is 8.40. The average Bonchev–Trinajstić information content (AvgIpc) is 2.52. The van der Waals surface area contributed by atoms with Crippen LogP contribution in [0, 0.1) is 5.92 Å². The zero-order valence-corrected chi connectivity index (χ0v) is 8.40. The Bertz CT molecular complexity index is 245. The van der Waals surface area contributed by atoms with Crippen molar-refractivity contribution in [3.63, 3.8) is 0 Å². The minimum absolute atomic E-state index is 0.0822. The Labute approximate surface area is 79.4 Å². The van der Waals surface area contributed by atoms with Crippen molar-refractivity contribution in [3.8, 4) is 0 Å². The Morgan fingerprint density at radius 3 is 3.00 bits per heavy atom. The molecule has 0 bridgehead atoms. The molecule has 0 spiro atoms. The molecule has 0 amide bonds. The lowest BCUT2D eigenvalue weighted by Crippen LogP contribution is -2.09. The quantitative estimate of drug-likeness (QED) is 0.754. The van der Waals surface area contributed by atoms with E-state index in [1.807, 2.05) is 4.57 Å². The van der Waals surface area contributed by atoms with Gasteiger partial charge in [0.05, 0.1) is 24.8 Å². The largest absolute Gasteiger partial charge is 0.390 e. The van der Waals surface area contributed by atoms with E-state index < -0.39 is 0 Å². The van der Waals surface area contributed by atoms with Crippen molar-refractivity contribution in [2.75, 3.05) is 0 Å². The second-order valence-corrected chi connectivity index (χ2v) is 3.59. The van der Waals surface area contributed by atoms with E-state index >= 15 is 0 Å². The van der Waals surface area contributed by atoms with Crippen LogP contribution in [0.2, 0.25) is 0 Å². The lowest BCUT2D eigenvalue weighted by molar-refractivity contribution is 0.267. The van der Waals surface area contributed by atoms with Crippen LogP contribution in [0.5, 0.6) is 0 Å². The lowest BCUT2D eigenvalue weighted by Gasteiger charge is -2.12. The van der Waals surface area contributed by atoms with E-state index in [-0.39, 0.29) is 6.61 Å². The third-order valence-electron chi connectivity index (χ3n) is 2.25. The molecule has 0 saturated heterocycles. The monoisotopic (exact) mass is 182 g/mol. The number of aliphatic hydroxyl groups excluding tert-OH is 1. The smallest absolute Gasteiger partial charge is 0.0948 e.